The van der Waals surface area contributed by atoms with Gasteiger partial charge in [-0.1, -0.05) is 17.7 Å². The number of hydrogen-bond acceptors (Lipinski definition) is 10. The predicted octanol–water partition coefficient (Wildman–Crippen LogP) is 5.01. The van der Waals surface area contributed by atoms with E-state index in [1.165, 1.54) is 17.9 Å². The second-order valence-corrected chi connectivity index (χ2v) is 12.6. The smallest absolute Gasteiger partial charge is 0.261 e. The number of aromatic nitrogens is 4. The van der Waals surface area contributed by atoms with Gasteiger partial charge in [0, 0.05) is 25.0 Å². The van der Waals surface area contributed by atoms with Gasteiger partial charge in [-0.3, -0.25) is 9.35 Å². The van der Waals surface area contributed by atoms with Gasteiger partial charge in [0.05, 0.1) is 45.1 Å². The Bertz CT molecular complexity index is 1810. The van der Waals surface area contributed by atoms with Crippen molar-refractivity contribution in [2.24, 2.45) is 0 Å². The lowest BCUT2D eigenvalue weighted by Crippen LogP contribution is -2.33. The van der Waals surface area contributed by atoms with Crippen LogP contribution in [-0.4, -0.2) is 61.3 Å². The molecule has 0 radical (unpaired) electrons. The van der Waals surface area contributed by atoms with Crippen LogP contribution in [0.4, 0.5) is 11.5 Å². The van der Waals surface area contributed by atoms with Crippen molar-refractivity contribution in [3.8, 4) is 11.5 Å². The molecular weight excluding hydrogens is 604 g/mol. The van der Waals surface area contributed by atoms with Gasteiger partial charge < -0.3 is 25.0 Å². The molecule has 3 heterocycles. The Morgan fingerprint density at radius 3 is 2.64 bits per heavy atom. The second-order valence-electron chi connectivity index (χ2n) is 9.90. The molecule has 0 saturated carbocycles. The largest absolute Gasteiger partial charge is 0.455 e. The number of halogens is 1. The quantitative estimate of drug-likeness (QED) is 0.162. The zero-order valence-electron chi connectivity index (χ0n) is 22.9. The van der Waals surface area contributed by atoms with Crippen LogP contribution in [0.15, 0.2) is 61.2 Å². The topological polar surface area (TPSA) is 169 Å². The molecule has 12 nitrogen and oxygen atoms in total. The Balaban J connectivity index is 0.000000748. The Labute approximate surface area is 251 Å². The first kappa shape index (κ1) is 31.1. The number of aliphatic hydroxyl groups is 1. The number of carbonyl (C=O) groups excluding carboxylic acids is 1. The molecule has 1 amide bonds. The van der Waals surface area contributed by atoms with Crippen LogP contribution in [0.1, 0.15) is 20.3 Å². The maximum absolute atomic E-state index is 12.0. The number of benzene rings is 2. The highest BCUT2D eigenvalue weighted by molar-refractivity contribution is 7.85. The second kappa shape index (κ2) is 13.0. The molecule has 5 aromatic rings. The summed E-state index contributed by atoms with van der Waals surface area (Å²) < 4.78 is 39.2. The molecule has 15 heteroatoms. The van der Waals surface area contributed by atoms with Crippen LogP contribution in [0.3, 0.4) is 0 Å². The van der Waals surface area contributed by atoms with Crippen LogP contribution >= 0.6 is 23.1 Å². The van der Waals surface area contributed by atoms with E-state index in [0.717, 1.165) is 26.8 Å². The van der Waals surface area contributed by atoms with Crippen molar-refractivity contribution in [1.29, 1.82) is 0 Å². The Kier molecular flexibility index (Phi) is 9.64. The summed E-state index contributed by atoms with van der Waals surface area (Å²) in [5.74, 6) is 1.63. The minimum Gasteiger partial charge on any atom is -0.455 e. The van der Waals surface area contributed by atoms with Crippen molar-refractivity contribution in [1.82, 2.24) is 24.2 Å². The van der Waals surface area contributed by atoms with E-state index in [9.17, 15) is 18.3 Å². The van der Waals surface area contributed by atoms with Gasteiger partial charge in [-0.15, -0.1) is 0 Å². The van der Waals surface area contributed by atoms with Crippen LogP contribution in [0.25, 0.3) is 21.1 Å². The van der Waals surface area contributed by atoms with Crippen molar-refractivity contribution in [2.75, 3.05) is 18.1 Å². The number of ether oxygens (including phenoxy) is 1. The normalized spacial score (nSPS) is 11.7. The summed E-state index contributed by atoms with van der Waals surface area (Å²) in [5.41, 5.74) is 1.25. The lowest BCUT2D eigenvalue weighted by molar-refractivity contribution is -0.124. The van der Waals surface area contributed by atoms with Gasteiger partial charge in [0.2, 0.25) is 5.91 Å². The van der Waals surface area contributed by atoms with Crippen molar-refractivity contribution in [3.05, 3.63) is 66.2 Å². The van der Waals surface area contributed by atoms with E-state index in [2.05, 4.69) is 25.0 Å². The average Bonchev–Trinajstić information content (AvgIpc) is 3.52. The minimum absolute atomic E-state index is 0.0368. The number of carbonyl (C=O) groups is 1. The number of amides is 1. The standard InChI is InChI=1S/C26H25ClN6O3S.CH4O3S/c1-26(2,35)13-23(34)28-9-11-33-10-8-19-24(33)25(30-15-29-19)32-16-6-7-21(18(27)12-16)36-20-4-3-5-22-17(20)14-31-37-22;1-5(2,3)4/h3-8,10,12,14-15,35H,9,11,13H2,1-2H3,(H,28,34)(H,29,30,32);1H3,(H,2,3,4). The van der Waals surface area contributed by atoms with Crippen LogP contribution in [-0.2, 0) is 21.5 Å². The van der Waals surface area contributed by atoms with E-state index in [1.54, 1.807) is 32.2 Å². The lowest BCUT2D eigenvalue weighted by atomic mass is 10.1. The molecule has 5 rings (SSSR count). The summed E-state index contributed by atoms with van der Waals surface area (Å²) in [6.07, 6.45) is 5.93. The SMILES string of the molecule is CC(C)(O)CC(=O)NCCn1ccc2ncnc(Nc3ccc(Oc4cccc5sncc45)c(Cl)c3)c21.CS(=O)(=O)O. The molecule has 222 valence electrons. The van der Waals surface area contributed by atoms with Crippen molar-refractivity contribution in [2.45, 2.75) is 32.4 Å². The van der Waals surface area contributed by atoms with Gasteiger partial charge in [-0.25, -0.2) is 9.97 Å². The van der Waals surface area contributed by atoms with E-state index in [-0.39, 0.29) is 12.3 Å². The first-order chi connectivity index (χ1) is 19.8. The summed E-state index contributed by atoms with van der Waals surface area (Å²) in [4.78, 5) is 20.8. The monoisotopic (exact) mass is 632 g/mol. The molecule has 0 aliphatic heterocycles. The van der Waals surface area contributed by atoms with Gasteiger partial charge in [-0.2, -0.15) is 12.8 Å². The fourth-order valence-electron chi connectivity index (χ4n) is 3.95. The molecule has 0 atom stereocenters. The molecule has 0 fully saturated rings. The molecule has 2 aromatic carbocycles. The molecule has 0 aliphatic carbocycles. The first-order valence-corrected chi connectivity index (χ1v) is 15.6. The van der Waals surface area contributed by atoms with Gasteiger partial charge in [0.15, 0.2) is 5.82 Å². The maximum Gasteiger partial charge on any atom is 0.261 e. The number of anilines is 2. The molecular formula is C27H29ClN6O6S2. The van der Waals surface area contributed by atoms with E-state index in [1.807, 2.05) is 41.1 Å². The fraction of sp³-hybridized carbons (Fsp3) is 0.259. The molecule has 0 unspecified atom stereocenters. The highest BCUT2D eigenvalue weighted by Gasteiger charge is 2.18. The average molecular weight is 633 g/mol. The van der Waals surface area contributed by atoms with E-state index in [4.69, 9.17) is 20.9 Å². The molecule has 42 heavy (non-hydrogen) atoms. The van der Waals surface area contributed by atoms with Crippen LogP contribution < -0.4 is 15.4 Å². The highest BCUT2D eigenvalue weighted by Crippen LogP contribution is 2.36. The third-order valence-electron chi connectivity index (χ3n) is 5.59. The zero-order chi connectivity index (χ0) is 30.5. The van der Waals surface area contributed by atoms with Crippen molar-refractivity contribution >= 4 is 71.8 Å². The van der Waals surface area contributed by atoms with E-state index in [0.29, 0.717) is 41.7 Å². The van der Waals surface area contributed by atoms with Crippen LogP contribution in [0.2, 0.25) is 5.02 Å². The van der Waals surface area contributed by atoms with Gasteiger partial charge in [0.25, 0.3) is 10.1 Å². The number of nitrogens with one attached hydrogen (secondary N) is 2. The summed E-state index contributed by atoms with van der Waals surface area (Å²) >= 11 is 7.98. The molecule has 0 saturated heterocycles. The first-order valence-electron chi connectivity index (χ1n) is 12.6. The summed E-state index contributed by atoms with van der Waals surface area (Å²) in [7, 11) is -3.67. The van der Waals surface area contributed by atoms with Crippen LogP contribution in [0, 0.1) is 0 Å². The summed E-state index contributed by atoms with van der Waals surface area (Å²) in [6, 6.07) is 13.2. The fourth-order valence-corrected chi connectivity index (χ4v) is 4.84. The Morgan fingerprint density at radius 1 is 1.17 bits per heavy atom. The van der Waals surface area contributed by atoms with Gasteiger partial charge in [-0.05, 0) is 61.8 Å². The lowest BCUT2D eigenvalue weighted by Gasteiger charge is -2.16. The summed E-state index contributed by atoms with van der Waals surface area (Å²) in [5, 5.41) is 17.4. The number of nitrogens with zero attached hydrogens (tertiary/aromatic N) is 4. The zero-order valence-corrected chi connectivity index (χ0v) is 25.3. The predicted molar refractivity (Wildman–Crippen MR) is 163 cm³/mol. The molecule has 0 aliphatic rings. The van der Waals surface area contributed by atoms with Gasteiger partial charge >= 0.3 is 0 Å². The van der Waals surface area contributed by atoms with Crippen molar-refractivity contribution in [3.63, 3.8) is 0 Å². The third kappa shape index (κ3) is 8.84. The highest BCUT2D eigenvalue weighted by atomic mass is 35.5. The molecule has 0 bridgehead atoms. The van der Waals surface area contributed by atoms with Crippen LogP contribution in [0.5, 0.6) is 11.5 Å². The number of fused-ring (bicyclic) bond motifs is 2. The number of hydrogen-bond donors (Lipinski definition) is 4. The molecule has 3 aromatic heterocycles. The van der Waals surface area contributed by atoms with E-state index >= 15 is 0 Å². The molecule has 4 N–H and O–H groups in total. The summed E-state index contributed by atoms with van der Waals surface area (Å²) in [6.45, 7) is 4.12. The maximum atomic E-state index is 12.0. The number of rotatable bonds is 9. The van der Waals surface area contributed by atoms with E-state index < -0.39 is 15.7 Å². The minimum atomic E-state index is -3.67. The third-order valence-corrected chi connectivity index (χ3v) is 6.65. The van der Waals surface area contributed by atoms with Gasteiger partial charge in [0.1, 0.15) is 23.3 Å². The Morgan fingerprint density at radius 2 is 1.93 bits per heavy atom. The Hall–Kier alpha value is -3.82. The molecule has 0 spiro atoms. The van der Waals surface area contributed by atoms with Crippen molar-refractivity contribution < 1.29 is 27.6 Å².